The van der Waals surface area contributed by atoms with Gasteiger partial charge in [0, 0.05) is 15.1 Å². The quantitative estimate of drug-likeness (QED) is 0.259. The highest BCUT2D eigenvalue weighted by molar-refractivity contribution is 9.10. The van der Waals surface area contributed by atoms with E-state index in [9.17, 15) is 5.11 Å². The number of aromatic amines is 1. The van der Waals surface area contributed by atoms with E-state index >= 15 is 0 Å². The number of aromatic hydroxyl groups is 1. The van der Waals surface area contributed by atoms with Crippen LogP contribution in [-0.2, 0) is 0 Å². The fraction of sp³-hybridized carbons (Fsp3) is 0.188. The smallest absolute Gasteiger partial charge is 0.266 e. The van der Waals surface area contributed by atoms with Gasteiger partial charge in [0.05, 0.1) is 11.2 Å². The van der Waals surface area contributed by atoms with Gasteiger partial charge in [0.2, 0.25) is 0 Å². The molecule has 0 fully saturated rings. The molecular weight excluding hydrogens is 400 g/mol. The van der Waals surface area contributed by atoms with Gasteiger partial charge in [-0.2, -0.15) is 0 Å². The van der Waals surface area contributed by atoms with Crippen LogP contribution < -0.4 is 5.73 Å². The molecule has 0 saturated carbocycles. The Kier molecular flexibility index (Phi) is 5.73. The van der Waals surface area contributed by atoms with Gasteiger partial charge in [-0.05, 0) is 48.5 Å². The topological polar surface area (TPSA) is 75.2 Å². The van der Waals surface area contributed by atoms with Crippen LogP contribution in [0.1, 0.15) is 25.3 Å². The van der Waals surface area contributed by atoms with E-state index in [4.69, 9.17) is 34.0 Å². The van der Waals surface area contributed by atoms with Gasteiger partial charge in [0.15, 0.2) is 5.58 Å². The molecule has 4 N–H and O–H groups in total. The molecule has 3 aromatic rings. The number of nitrogens with two attached hydrogens (primary N) is 1. The summed E-state index contributed by atoms with van der Waals surface area (Å²) in [4.78, 5) is 3.33. The number of nitrogens with one attached hydrogen (secondary N) is 1. The molecule has 0 radical (unpaired) electrons. The molecule has 4 nitrogen and oxygen atoms in total. The summed E-state index contributed by atoms with van der Waals surface area (Å²) in [5.41, 5.74) is 8.37. The van der Waals surface area contributed by atoms with Crippen molar-refractivity contribution >= 4 is 56.5 Å². The van der Waals surface area contributed by atoms with Gasteiger partial charge in [-0.1, -0.05) is 41.4 Å². The Balaban J connectivity index is 0.000000167. The number of nitrogen functional groups attached to an aromatic ring is 1. The molecule has 0 aliphatic rings. The molecular formula is C16H16BrClN2O2S. The zero-order valence-electron chi connectivity index (χ0n) is 12.6. The van der Waals surface area contributed by atoms with Crippen molar-refractivity contribution in [2.24, 2.45) is 0 Å². The number of hydrogen-bond acceptors (Lipinski definition) is 4. The Labute approximate surface area is 152 Å². The van der Waals surface area contributed by atoms with Crippen molar-refractivity contribution in [3.63, 3.8) is 0 Å². The first-order valence-electron chi connectivity index (χ1n) is 6.84. The minimum atomic E-state index is 0.148. The number of rotatable bonds is 1. The lowest BCUT2D eigenvalue weighted by Gasteiger charge is -2.10. The molecule has 0 bridgehead atoms. The zero-order valence-corrected chi connectivity index (χ0v) is 15.7. The van der Waals surface area contributed by atoms with E-state index in [1.165, 1.54) is 0 Å². The van der Waals surface area contributed by atoms with Gasteiger partial charge in [-0.15, -0.1) is 0 Å². The molecule has 122 valence electrons. The predicted octanol–water partition coefficient (Wildman–Crippen LogP) is 6.00. The molecule has 0 amide bonds. The predicted molar refractivity (Wildman–Crippen MR) is 101 cm³/mol. The molecule has 1 heterocycles. The highest BCUT2D eigenvalue weighted by atomic mass is 79.9. The summed E-state index contributed by atoms with van der Waals surface area (Å²) in [5.74, 6) is 0.375. The van der Waals surface area contributed by atoms with Crippen molar-refractivity contribution in [2.75, 3.05) is 5.73 Å². The maximum atomic E-state index is 9.51. The number of phenolic OH excluding ortho intramolecular Hbond substituents is 1. The maximum absolute atomic E-state index is 9.51. The molecule has 0 atom stereocenters. The van der Waals surface area contributed by atoms with Gasteiger partial charge in [-0.25, -0.2) is 0 Å². The second kappa shape index (κ2) is 7.38. The van der Waals surface area contributed by atoms with Crippen LogP contribution >= 0.6 is 39.7 Å². The van der Waals surface area contributed by atoms with E-state index < -0.39 is 0 Å². The number of fused-ring (bicyclic) bond motifs is 1. The van der Waals surface area contributed by atoms with Crippen molar-refractivity contribution < 1.29 is 9.52 Å². The average molecular weight is 416 g/mol. The van der Waals surface area contributed by atoms with Gasteiger partial charge in [-0.3, -0.25) is 0 Å². The molecule has 23 heavy (non-hydrogen) atoms. The molecule has 0 saturated heterocycles. The Morgan fingerprint density at radius 3 is 2.65 bits per heavy atom. The Morgan fingerprint density at radius 2 is 2.00 bits per heavy atom. The van der Waals surface area contributed by atoms with Crippen LogP contribution in [0.15, 0.2) is 39.2 Å². The van der Waals surface area contributed by atoms with E-state index in [1.54, 1.807) is 12.1 Å². The van der Waals surface area contributed by atoms with E-state index in [0.29, 0.717) is 15.5 Å². The van der Waals surface area contributed by atoms with Gasteiger partial charge in [0.25, 0.3) is 4.84 Å². The van der Waals surface area contributed by atoms with Crippen molar-refractivity contribution in [1.29, 1.82) is 0 Å². The molecule has 0 unspecified atom stereocenters. The largest absolute Gasteiger partial charge is 0.505 e. The number of aromatic nitrogens is 1. The number of halogens is 2. The lowest BCUT2D eigenvalue weighted by molar-refractivity contribution is 0.467. The molecule has 2 aromatic carbocycles. The van der Waals surface area contributed by atoms with Crippen LogP contribution in [0.5, 0.6) is 5.75 Å². The average Bonchev–Trinajstić information content (AvgIpc) is 2.82. The van der Waals surface area contributed by atoms with Crippen LogP contribution in [0.3, 0.4) is 0 Å². The normalized spacial score (nSPS) is 10.7. The summed E-state index contributed by atoms with van der Waals surface area (Å²) < 4.78 is 6.17. The summed E-state index contributed by atoms with van der Waals surface area (Å²) in [5, 5.41) is 10.1. The summed E-state index contributed by atoms with van der Waals surface area (Å²) in [6.45, 7) is 3.95. The number of benzene rings is 2. The van der Waals surface area contributed by atoms with Crippen LogP contribution in [0.4, 0.5) is 5.69 Å². The van der Waals surface area contributed by atoms with Crippen molar-refractivity contribution in [3.05, 3.63) is 50.2 Å². The molecule has 0 aliphatic carbocycles. The molecule has 0 spiro atoms. The Morgan fingerprint density at radius 1 is 1.30 bits per heavy atom. The van der Waals surface area contributed by atoms with E-state index in [1.807, 2.05) is 32.0 Å². The van der Waals surface area contributed by atoms with Crippen molar-refractivity contribution in [1.82, 2.24) is 4.98 Å². The first kappa shape index (κ1) is 17.8. The lowest BCUT2D eigenvalue weighted by Crippen LogP contribution is -1.93. The van der Waals surface area contributed by atoms with Crippen LogP contribution in [0.25, 0.3) is 11.1 Å². The molecule has 3 rings (SSSR count). The number of hydrogen-bond donors (Lipinski definition) is 3. The SMILES string of the molecule is CC(C)c1cc(Cl)cc(N)c1O.S=c1[nH]c2cc(Br)ccc2o1. The number of phenols is 1. The Hall–Kier alpha value is -1.50. The second-order valence-corrected chi connectivity index (χ2v) is 6.97. The third-order valence-corrected chi connectivity index (χ3v) is 4.03. The van der Waals surface area contributed by atoms with Crippen LogP contribution in [0, 0.1) is 4.84 Å². The van der Waals surface area contributed by atoms with Gasteiger partial charge >= 0.3 is 0 Å². The van der Waals surface area contributed by atoms with E-state index in [2.05, 4.69) is 20.9 Å². The molecule has 1 aromatic heterocycles. The Bertz CT molecular complexity index is 889. The highest BCUT2D eigenvalue weighted by Crippen LogP contribution is 2.33. The fourth-order valence-corrected chi connectivity index (χ4v) is 2.80. The number of oxazole rings is 1. The van der Waals surface area contributed by atoms with Gasteiger partial charge in [0.1, 0.15) is 5.75 Å². The van der Waals surface area contributed by atoms with Crippen molar-refractivity contribution in [3.8, 4) is 5.75 Å². The first-order valence-corrected chi connectivity index (χ1v) is 8.42. The highest BCUT2D eigenvalue weighted by Gasteiger charge is 2.09. The van der Waals surface area contributed by atoms with Gasteiger partial charge < -0.3 is 20.2 Å². The second-order valence-electron chi connectivity index (χ2n) is 5.24. The molecule has 7 heteroatoms. The fourth-order valence-electron chi connectivity index (χ4n) is 2.01. The third-order valence-electron chi connectivity index (χ3n) is 3.14. The van der Waals surface area contributed by atoms with Crippen LogP contribution in [-0.4, -0.2) is 10.1 Å². The maximum Gasteiger partial charge on any atom is 0.266 e. The van der Waals surface area contributed by atoms with E-state index in [-0.39, 0.29) is 11.7 Å². The number of H-pyrrole nitrogens is 1. The minimum Gasteiger partial charge on any atom is -0.505 e. The first-order chi connectivity index (χ1) is 10.8. The third kappa shape index (κ3) is 4.50. The standard InChI is InChI=1S/C9H12ClNO.C7H4BrNOS/c1-5(2)7-3-6(10)4-8(11)9(7)12;8-4-1-2-6-5(3-4)9-7(11)10-6/h3-5,12H,11H2,1-2H3;1-3H,(H,9,11). The lowest BCUT2D eigenvalue weighted by atomic mass is 10.0. The van der Waals surface area contributed by atoms with E-state index in [0.717, 1.165) is 21.1 Å². The summed E-state index contributed by atoms with van der Waals surface area (Å²) in [6, 6.07) is 8.98. The van der Waals surface area contributed by atoms with Crippen LogP contribution in [0.2, 0.25) is 5.02 Å². The minimum absolute atomic E-state index is 0.148. The monoisotopic (exact) mass is 414 g/mol. The number of anilines is 1. The molecule has 0 aliphatic heterocycles. The summed E-state index contributed by atoms with van der Waals surface area (Å²) in [6.07, 6.45) is 0. The van der Waals surface area contributed by atoms with Crippen molar-refractivity contribution in [2.45, 2.75) is 19.8 Å². The summed E-state index contributed by atoms with van der Waals surface area (Å²) >= 11 is 13.9. The zero-order chi connectivity index (χ0) is 17.1. The summed E-state index contributed by atoms with van der Waals surface area (Å²) in [7, 11) is 0.